The largest absolute Gasteiger partial charge is 0.481 e. The molecule has 0 aliphatic heterocycles. The first-order valence-electron chi connectivity index (χ1n) is 7.74. The summed E-state index contributed by atoms with van der Waals surface area (Å²) in [4.78, 5) is 11.3. The molecule has 21 heavy (non-hydrogen) atoms. The Hall–Kier alpha value is -1.57. The van der Waals surface area contributed by atoms with Crippen LogP contribution in [0.4, 0.5) is 0 Å². The maximum Gasteiger partial charge on any atom is 0.307 e. The minimum absolute atomic E-state index is 0.0866. The van der Waals surface area contributed by atoms with Gasteiger partial charge in [-0.05, 0) is 40.4 Å². The molecule has 1 aromatic rings. The van der Waals surface area contributed by atoms with E-state index in [1.807, 2.05) is 13.8 Å². The molecule has 3 atom stereocenters. The van der Waals surface area contributed by atoms with Crippen molar-refractivity contribution in [2.45, 2.75) is 46.5 Å². The van der Waals surface area contributed by atoms with Gasteiger partial charge in [0.15, 0.2) is 0 Å². The van der Waals surface area contributed by atoms with Gasteiger partial charge in [0, 0.05) is 0 Å². The summed E-state index contributed by atoms with van der Waals surface area (Å²) < 4.78 is 0. The smallest absolute Gasteiger partial charge is 0.307 e. The average Bonchev–Trinajstić information content (AvgIpc) is 2.36. The maximum absolute atomic E-state index is 11.3. The van der Waals surface area contributed by atoms with Crippen LogP contribution >= 0.6 is 0 Å². The number of allylic oxidation sites excluding steroid dienone is 2. The van der Waals surface area contributed by atoms with Gasteiger partial charge in [-0.25, -0.2) is 0 Å². The van der Waals surface area contributed by atoms with E-state index in [0.29, 0.717) is 0 Å². The Labute approximate surface area is 127 Å². The van der Waals surface area contributed by atoms with E-state index in [1.54, 1.807) is 0 Å². The first kappa shape index (κ1) is 15.8. The number of aliphatic carboxylic acids is 1. The van der Waals surface area contributed by atoms with Crippen molar-refractivity contribution in [3.8, 4) is 0 Å². The molecule has 0 radical (unpaired) electrons. The van der Waals surface area contributed by atoms with E-state index in [4.69, 9.17) is 0 Å². The number of benzene rings is 1. The highest BCUT2D eigenvalue weighted by Crippen LogP contribution is 2.38. The van der Waals surface area contributed by atoms with E-state index in [0.717, 1.165) is 6.42 Å². The first-order valence-corrected chi connectivity index (χ1v) is 7.74. The highest BCUT2D eigenvalue weighted by molar-refractivity contribution is 5.75. The van der Waals surface area contributed by atoms with E-state index in [1.165, 1.54) is 16.7 Å². The summed E-state index contributed by atoms with van der Waals surface area (Å²) in [5.41, 5.74) is 4.00. The van der Waals surface area contributed by atoms with Crippen molar-refractivity contribution in [3.05, 3.63) is 41.5 Å². The molecular weight excluding hydrogens is 260 g/mol. The Morgan fingerprint density at radius 3 is 2.14 bits per heavy atom. The molecule has 1 aliphatic carbocycles. The zero-order valence-electron chi connectivity index (χ0n) is 13.7. The van der Waals surface area contributed by atoms with Crippen LogP contribution in [0.5, 0.6) is 0 Å². The minimum Gasteiger partial charge on any atom is -0.481 e. The van der Waals surface area contributed by atoms with Crippen LogP contribution in [-0.2, 0) is 10.2 Å². The molecule has 1 aromatic carbocycles. The van der Waals surface area contributed by atoms with Crippen molar-refractivity contribution in [2.24, 2.45) is 17.8 Å². The molecule has 0 fully saturated rings. The van der Waals surface area contributed by atoms with Gasteiger partial charge in [0.05, 0.1) is 5.92 Å². The van der Waals surface area contributed by atoms with Gasteiger partial charge in [0.25, 0.3) is 0 Å². The standard InChI is InChI=1S/C19H26O2/c1-12-10-15(11-13(2)17(12)18(20)21)14-6-8-16(9-7-14)19(3,4)5/h6-10,12-13,17H,11H2,1-5H3,(H,20,21). The van der Waals surface area contributed by atoms with Gasteiger partial charge < -0.3 is 5.11 Å². The lowest BCUT2D eigenvalue weighted by molar-refractivity contribution is -0.144. The molecule has 2 heteroatoms. The Morgan fingerprint density at radius 1 is 1.14 bits per heavy atom. The number of carboxylic acid groups (broad SMARTS) is 1. The highest BCUT2D eigenvalue weighted by atomic mass is 16.4. The SMILES string of the molecule is CC1C=C(c2ccc(C(C)(C)C)cc2)CC(C)C1C(=O)O. The van der Waals surface area contributed by atoms with Gasteiger partial charge in [-0.1, -0.05) is 65.0 Å². The lowest BCUT2D eigenvalue weighted by Crippen LogP contribution is -2.30. The topological polar surface area (TPSA) is 37.3 Å². The molecule has 2 nitrogen and oxygen atoms in total. The fraction of sp³-hybridized carbons (Fsp3) is 0.526. The molecule has 0 amide bonds. The van der Waals surface area contributed by atoms with Crippen molar-refractivity contribution in [2.75, 3.05) is 0 Å². The number of carboxylic acids is 1. The summed E-state index contributed by atoms with van der Waals surface area (Å²) in [5, 5.41) is 9.33. The van der Waals surface area contributed by atoms with Crippen molar-refractivity contribution >= 4 is 11.5 Å². The van der Waals surface area contributed by atoms with E-state index in [9.17, 15) is 9.90 Å². The second-order valence-corrected chi connectivity index (χ2v) is 7.42. The predicted octanol–water partition coefficient (Wildman–Crippen LogP) is 4.74. The zero-order chi connectivity index (χ0) is 15.8. The number of carbonyl (C=O) groups is 1. The summed E-state index contributed by atoms with van der Waals surface area (Å²) in [6.07, 6.45) is 2.99. The number of hydrogen-bond donors (Lipinski definition) is 1. The normalized spacial score (nSPS) is 26.3. The zero-order valence-corrected chi connectivity index (χ0v) is 13.7. The lowest BCUT2D eigenvalue weighted by Gasteiger charge is -2.31. The van der Waals surface area contributed by atoms with E-state index in [-0.39, 0.29) is 23.2 Å². The molecule has 0 spiro atoms. The van der Waals surface area contributed by atoms with Crippen LogP contribution in [-0.4, -0.2) is 11.1 Å². The van der Waals surface area contributed by atoms with Crippen molar-refractivity contribution in [1.29, 1.82) is 0 Å². The number of rotatable bonds is 2. The molecule has 1 aliphatic rings. The molecule has 0 saturated heterocycles. The Balaban J connectivity index is 2.27. The van der Waals surface area contributed by atoms with Gasteiger partial charge >= 0.3 is 5.97 Å². The van der Waals surface area contributed by atoms with Gasteiger partial charge in [-0.2, -0.15) is 0 Å². The third-order valence-corrected chi connectivity index (χ3v) is 4.59. The highest BCUT2D eigenvalue weighted by Gasteiger charge is 2.33. The van der Waals surface area contributed by atoms with Crippen LogP contribution in [0, 0.1) is 17.8 Å². The van der Waals surface area contributed by atoms with Gasteiger partial charge in [-0.3, -0.25) is 4.79 Å². The van der Waals surface area contributed by atoms with Crippen molar-refractivity contribution in [1.82, 2.24) is 0 Å². The van der Waals surface area contributed by atoms with Crippen LogP contribution in [0.3, 0.4) is 0 Å². The molecule has 1 N–H and O–H groups in total. The third kappa shape index (κ3) is 3.37. The van der Waals surface area contributed by atoms with Crippen LogP contribution < -0.4 is 0 Å². The quantitative estimate of drug-likeness (QED) is 0.852. The van der Waals surface area contributed by atoms with E-state index in [2.05, 4.69) is 51.1 Å². The van der Waals surface area contributed by atoms with Crippen LogP contribution in [0.25, 0.3) is 5.57 Å². The molecule has 0 bridgehead atoms. The lowest BCUT2D eigenvalue weighted by atomic mass is 9.73. The Morgan fingerprint density at radius 2 is 1.71 bits per heavy atom. The van der Waals surface area contributed by atoms with Crippen molar-refractivity contribution in [3.63, 3.8) is 0 Å². The van der Waals surface area contributed by atoms with Crippen LogP contribution in [0.1, 0.15) is 52.2 Å². The monoisotopic (exact) mass is 286 g/mol. The third-order valence-electron chi connectivity index (χ3n) is 4.59. The molecular formula is C19H26O2. The maximum atomic E-state index is 11.3. The molecule has 0 aromatic heterocycles. The Bertz CT molecular complexity index is 546. The second-order valence-electron chi connectivity index (χ2n) is 7.42. The predicted molar refractivity (Wildman–Crippen MR) is 87.2 cm³/mol. The molecule has 0 heterocycles. The van der Waals surface area contributed by atoms with Crippen LogP contribution in [0.2, 0.25) is 0 Å². The van der Waals surface area contributed by atoms with Crippen molar-refractivity contribution < 1.29 is 9.90 Å². The average molecular weight is 286 g/mol. The summed E-state index contributed by atoms with van der Waals surface area (Å²) in [6.45, 7) is 10.7. The number of hydrogen-bond acceptors (Lipinski definition) is 1. The van der Waals surface area contributed by atoms with E-state index < -0.39 is 5.97 Å². The molecule has 0 saturated carbocycles. The fourth-order valence-corrected chi connectivity index (χ4v) is 3.35. The van der Waals surface area contributed by atoms with Crippen LogP contribution in [0.15, 0.2) is 30.3 Å². The van der Waals surface area contributed by atoms with Gasteiger partial charge in [-0.15, -0.1) is 0 Å². The first-order chi connectivity index (χ1) is 9.70. The minimum atomic E-state index is -0.673. The fourth-order valence-electron chi connectivity index (χ4n) is 3.35. The molecule has 114 valence electrons. The second kappa shape index (κ2) is 5.67. The Kier molecular flexibility index (Phi) is 4.27. The van der Waals surface area contributed by atoms with Gasteiger partial charge in [0.2, 0.25) is 0 Å². The molecule has 3 unspecified atom stereocenters. The summed E-state index contributed by atoms with van der Waals surface area (Å²) in [6, 6.07) is 8.73. The molecule has 2 rings (SSSR count). The van der Waals surface area contributed by atoms with Gasteiger partial charge in [0.1, 0.15) is 0 Å². The summed E-state index contributed by atoms with van der Waals surface area (Å²) >= 11 is 0. The van der Waals surface area contributed by atoms with E-state index >= 15 is 0 Å². The summed E-state index contributed by atoms with van der Waals surface area (Å²) in [5.74, 6) is -0.667. The summed E-state index contributed by atoms with van der Waals surface area (Å²) in [7, 11) is 0.